The number of benzene rings is 2. The molecule has 6 aromatic rings. The molecule has 0 saturated carbocycles. The zero-order valence-electron chi connectivity index (χ0n) is 15.9. The molecule has 0 bridgehead atoms. The highest BCUT2D eigenvalue weighted by atomic mass is 32.1. The fourth-order valence-corrected chi connectivity index (χ4v) is 7.69. The van der Waals surface area contributed by atoms with Gasteiger partial charge in [-0.2, -0.15) is 0 Å². The van der Waals surface area contributed by atoms with Crippen molar-refractivity contribution in [2.75, 3.05) is 0 Å². The van der Waals surface area contributed by atoms with E-state index in [0.29, 0.717) is 0 Å². The van der Waals surface area contributed by atoms with Gasteiger partial charge in [-0.15, -0.1) is 45.3 Å². The number of thiophene rings is 4. The van der Waals surface area contributed by atoms with Crippen LogP contribution < -0.4 is 0 Å². The van der Waals surface area contributed by atoms with Gasteiger partial charge in [0.25, 0.3) is 0 Å². The van der Waals surface area contributed by atoms with E-state index in [1.807, 2.05) is 45.3 Å². The van der Waals surface area contributed by atoms with Gasteiger partial charge in [-0.05, 0) is 71.5 Å². The molecule has 4 aromatic heterocycles. The molecule has 0 radical (unpaired) electrons. The average Bonchev–Trinajstić information content (AvgIpc) is 3.51. The minimum atomic E-state index is 1.31. The average molecular weight is 457 g/mol. The van der Waals surface area contributed by atoms with Crippen LogP contribution in [0.1, 0.15) is 19.5 Å². The molecule has 0 unspecified atom stereocenters. The normalized spacial score (nSPS) is 12.4. The Hall–Kier alpha value is -2.50. The Bertz CT molecular complexity index is 1340. The molecule has 0 N–H and O–H groups in total. The summed E-state index contributed by atoms with van der Waals surface area (Å²) in [5.41, 5.74) is 0. The van der Waals surface area contributed by atoms with Gasteiger partial charge in [0.05, 0.1) is 0 Å². The number of rotatable bonds is 4. The van der Waals surface area contributed by atoms with E-state index in [0.717, 1.165) is 0 Å². The van der Waals surface area contributed by atoms with Gasteiger partial charge in [0.15, 0.2) is 0 Å². The molecule has 0 aliphatic rings. The first-order valence-corrected chi connectivity index (χ1v) is 12.9. The van der Waals surface area contributed by atoms with Gasteiger partial charge in [-0.3, -0.25) is 0 Å². The highest BCUT2D eigenvalue weighted by Crippen LogP contribution is 2.36. The summed E-state index contributed by atoms with van der Waals surface area (Å²) in [6, 6.07) is 26.3. The van der Waals surface area contributed by atoms with E-state index in [4.69, 9.17) is 0 Å². The zero-order chi connectivity index (χ0) is 19.9. The molecular formula is C26H16S4. The Labute approximate surface area is 190 Å². The summed E-state index contributed by atoms with van der Waals surface area (Å²) in [5.74, 6) is 0. The summed E-state index contributed by atoms with van der Waals surface area (Å²) in [6.07, 6.45) is 8.97. The third-order valence-electron chi connectivity index (χ3n) is 4.96. The van der Waals surface area contributed by atoms with Crippen LogP contribution in [0.2, 0.25) is 0 Å². The SMILES string of the molecule is C(=Cc1cc2sc(C=Cc3cc4ccccc4s3)cc2s1)c1cc2ccccc2s1. The minimum absolute atomic E-state index is 1.31. The van der Waals surface area contributed by atoms with E-state index in [-0.39, 0.29) is 0 Å². The highest BCUT2D eigenvalue weighted by molar-refractivity contribution is 7.28. The number of fused-ring (bicyclic) bond motifs is 3. The Balaban J connectivity index is 1.22. The molecule has 0 aliphatic carbocycles. The van der Waals surface area contributed by atoms with Crippen LogP contribution in [-0.2, 0) is 0 Å². The van der Waals surface area contributed by atoms with Crippen LogP contribution in [-0.4, -0.2) is 0 Å². The molecule has 0 atom stereocenters. The second-order valence-electron chi connectivity index (χ2n) is 7.07. The maximum Gasteiger partial charge on any atom is 0.0463 e. The maximum atomic E-state index is 2.31. The largest absolute Gasteiger partial charge is 0.136 e. The van der Waals surface area contributed by atoms with Gasteiger partial charge in [-0.25, -0.2) is 0 Å². The van der Waals surface area contributed by atoms with Crippen molar-refractivity contribution < 1.29 is 0 Å². The quantitative estimate of drug-likeness (QED) is 0.248. The van der Waals surface area contributed by atoms with Gasteiger partial charge >= 0.3 is 0 Å². The minimum Gasteiger partial charge on any atom is -0.136 e. The molecule has 2 aromatic carbocycles. The smallest absolute Gasteiger partial charge is 0.0463 e. The lowest BCUT2D eigenvalue weighted by atomic mass is 10.2. The van der Waals surface area contributed by atoms with Crippen molar-refractivity contribution in [2.45, 2.75) is 0 Å². The standard InChI is InChI=1S/C26H16S4/c1-3-7-23-17(5-1)13-19(27-23)9-11-21-15-25-26(29-21)16-22(30-25)12-10-20-14-18-6-2-4-8-24(18)28-20/h1-16H. The van der Waals surface area contributed by atoms with E-state index >= 15 is 0 Å². The van der Waals surface area contributed by atoms with Crippen molar-refractivity contribution in [1.29, 1.82) is 0 Å². The van der Waals surface area contributed by atoms with Crippen LogP contribution in [0.15, 0.2) is 72.8 Å². The Morgan fingerprint density at radius 3 is 1.20 bits per heavy atom. The van der Waals surface area contributed by atoms with Crippen LogP contribution in [0.3, 0.4) is 0 Å². The second kappa shape index (κ2) is 7.64. The summed E-state index contributed by atoms with van der Waals surface area (Å²) in [5, 5.41) is 2.65. The van der Waals surface area contributed by atoms with E-state index < -0.39 is 0 Å². The summed E-state index contributed by atoms with van der Waals surface area (Å²) in [6.45, 7) is 0. The molecule has 0 amide bonds. The fraction of sp³-hybridized carbons (Fsp3) is 0. The molecule has 30 heavy (non-hydrogen) atoms. The Morgan fingerprint density at radius 1 is 0.400 bits per heavy atom. The molecule has 0 saturated heterocycles. The van der Waals surface area contributed by atoms with Crippen molar-refractivity contribution in [3.63, 3.8) is 0 Å². The summed E-state index contributed by atoms with van der Waals surface area (Å²) >= 11 is 7.43. The molecule has 0 fully saturated rings. The zero-order valence-corrected chi connectivity index (χ0v) is 19.1. The first kappa shape index (κ1) is 18.3. The molecule has 4 heteroatoms. The molecular weight excluding hydrogens is 441 g/mol. The maximum absolute atomic E-state index is 2.31. The molecule has 6 rings (SSSR count). The first-order chi connectivity index (χ1) is 14.8. The van der Waals surface area contributed by atoms with E-state index in [9.17, 15) is 0 Å². The monoisotopic (exact) mass is 456 g/mol. The Kier molecular flexibility index (Phi) is 4.65. The first-order valence-electron chi connectivity index (χ1n) is 9.67. The van der Waals surface area contributed by atoms with Gasteiger partial charge in [0.2, 0.25) is 0 Å². The van der Waals surface area contributed by atoms with Crippen molar-refractivity contribution in [3.05, 3.63) is 92.3 Å². The van der Waals surface area contributed by atoms with Crippen LogP contribution in [0, 0.1) is 0 Å². The van der Waals surface area contributed by atoms with Crippen molar-refractivity contribution >= 4 is 99.2 Å². The number of hydrogen-bond donors (Lipinski definition) is 0. The van der Waals surface area contributed by atoms with Crippen LogP contribution in [0.5, 0.6) is 0 Å². The molecule has 0 aliphatic heterocycles. The fourth-order valence-electron chi connectivity index (χ4n) is 3.53. The molecule has 144 valence electrons. The molecule has 4 heterocycles. The van der Waals surface area contributed by atoms with Gasteiger partial charge < -0.3 is 0 Å². The molecule has 0 nitrogen and oxygen atoms in total. The van der Waals surface area contributed by atoms with Crippen LogP contribution in [0.4, 0.5) is 0 Å². The van der Waals surface area contributed by atoms with Crippen LogP contribution >= 0.6 is 45.3 Å². The lowest BCUT2D eigenvalue weighted by Gasteiger charge is -1.86. The summed E-state index contributed by atoms with van der Waals surface area (Å²) < 4.78 is 5.43. The highest BCUT2D eigenvalue weighted by Gasteiger charge is 2.05. The lowest BCUT2D eigenvalue weighted by Crippen LogP contribution is -1.60. The van der Waals surface area contributed by atoms with E-state index in [1.54, 1.807) is 0 Å². The van der Waals surface area contributed by atoms with Gasteiger partial charge in [0, 0.05) is 38.3 Å². The topological polar surface area (TPSA) is 0 Å². The van der Waals surface area contributed by atoms with E-state index in [2.05, 4.69) is 97.1 Å². The predicted octanol–water partition coefficient (Wildman–Crippen LogP) is 9.73. The summed E-state index contributed by atoms with van der Waals surface area (Å²) in [4.78, 5) is 5.24. The van der Waals surface area contributed by atoms with Gasteiger partial charge in [0.1, 0.15) is 0 Å². The lowest BCUT2D eigenvalue weighted by molar-refractivity contribution is 1.85. The summed E-state index contributed by atoms with van der Waals surface area (Å²) in [7, 11) is 0. The number of hydrogen-bond acceptors (Lipinski definition) is 4. The van der Waals surface area contributed by atoms with Gasteiger partial charge in [-0.1, -0.05) is 36.4 Å². The predicted molar refractivity (Wildman–Crippen MR) is 141 cm³/mol. The third-order valence-corrected chi connectivity index (χ3v) is 9.34. The second-order valence-corrected chi connectivity index (χ2v) is 11.5. The van der Waals surface area contributed by atoms with Crippen molar-refractivity contribution in [3.8, 4) is 0 Å². The third kappa shape index (κ3) is 3.57. The van der Waals surface area contributed by atoms with Crippen molar-refractivity contribution in [1.82, 2.24) is 0 Å². The van der Waals surface area contributed by atoms with E-state index in [1.165, 1.54) is 49.1 Å². The Morgan fingerprint density at radius 2 is 0.767 bits per heavy atom. The van der Waals surface area contributed by atoms with Crippen LogP contribution in [0.25, 0.3) is 53.9 Å². The van der Waals surface area contributed by atoms with Crippen molar-refractivity contribution in [2.24, 2.45) is 0 Å². The molecule has 0 spiro atoms.